The summed E-state index contributed by atoms with van der Waals surface area (Å²) < 4.78 is 121. The van der Waals surface area contributed by atoms with Crippen LogP contribution in [0.2, 0.25) is 0 Å². The Bertz CT molecular complexity index is 3100. The van der Waals surface area contributed by atoms with Gasteiger partial charge in [0.25, 0.3) is 0 Å². The summed E-state index contributed by atoms with van der Waals surface area (Å²) in [6.45, 7) is 2.78. The second-order valence-corrected chi connectivity index (χ2v) is 22.0. The second-order valence-electron chi connectivity index (χ2n) is 17.9. The van der Waals surface area contributed by atoms with Crippen LogP contribution in [0.25, 0.3) is 22.2 Å². The first-order valence-electron chi connectivity index (χ1n) is 24.8. The van der Waals surface area contributed by atoms with Gasteiger partial charge in [-0.25, -0.2) is 27.5 Å². The molecule has 0 saturated carbocycles. The summed E-state index contributed by atoms with van der Waals surface area (Å²) in [6.07, 6.45) is 0.172. The van der Waals surface area contributed by atoms with Crippen LogP contribution in [0.1, 0.15) is 17.7 Å². The molecule has 0 bridgehead atoms. The highest BCUT2D eigenvalue weighted by Gasteiger charge is 2.32. The van der Waals surface area contributed by atoms with Crippen molar-refractivity contribution in [2.75, 3.05) is 95.6 Å². The number of piperidine rings is 1. The van der Waals surface area contributed by atoms with Crippen molar-refractivity contribution in [1.82, 2.24) is 34.4 Å². The van der Waals surface area contributed by atoms with Crippen LogP contribution in [0.3, 0.4) is 0 Å². The van der Waals surface area contributed by atoms with E-state index in [1.54, 1.807) is 71.8 Å². The lowest BCUT2D eigenvalue weighted by molar-refractivity contribution is -0.139. The van der Waals surface area contributed by atoms with E-state index in [4.69, 9.17) is 28.4 Å². The first-order chi connectivity index (χ1) is 37.2. The predicted molar refractivity (Wildman–Crippen MR) is 289 cm³/mol. The monoisotopic (exact) mass is 1170 g/mol. The predicted octanol–water partition coefficient (Wildman–Crippen LogP) is 9.36. The summed E-state index contributed by atoms with van der Waals surface area (Å²) >= 11 is 5.06. The van der Waals surface area contributed by atoms with Gasteiger partial charge in [0.2, 0.25) is 0 Å². The number of benzene rings is 4. The number of hydrogen-bond donors (Lipinski definition) is 2. The Hall–Kier alpha value is -6.02. The Labute approximate surface area is 457 Å². The second kappa shape index (κ2) is 27.5. The molecule has 1 aliphatic heterocycles. The highest BCUT2D eigenvalue weighted by Crippen LogP contribution is 2.37. The topological polar surface area (TPSA) is 178 Å². The summed E-state index contributed by atoms with van der Waals surface area (Å²) in [6, 6.07) is 25.4. The molecule has 2 atom stereocenters. The number of methoxy groups -OCH3 is 1. The van der Waals surface area contributed by atoms with E-state index < -0.39 is 34.8 Å². The SMILES string of the molecule is COc1cc(S(=O)(=O)CCOCCOCCOCCn2cc(COc3ccc(OCCSc4ncccn4)c(Br)c3)nn2)ccc1NCc1ccc(-c2cc3c(NC4CCN(C)CC4F)cccc3n2CC(F)(F)F)cc1. The number of aromatic nitrogens is 6. The van der Waals surface area contributed by atoms with E-state index in [-0.39, 0.29) is 43.6 Å². The van der Waals surface area contributed by atoms with Crippen molar-refractivity contribution in [3.05, 3.63) is 125 Å². The van der Waals surface area contributed by atoms with Crippen LogP contribution < -0.4 is 24.8 Å². The van der Waals surface area contributed by atoms with Crippen LogP contribution in [0.5, 0.6) is 17.2 Å². The van der Waals surface area contributed by atoms with Gasteiger partial charge in [-0.05, 0) is 95.1 Å². The zero-order valence-corrected chi connectivity index (χ0v) is 45.7. The molecule has 4 heterocycles. The number of anilines is 2. The van der Waals surface area contributed by atoms with Gasteiger partial charge in [0, 0.05) is 60.6 Å². The summed E-state index contributed by atoms with van der Waals surface area (Å²) in [4.78, 5) is 10.4. The average molecular weight is 1170 g/mol. The number of rotatable bonds is 29. The maximum Gasteiger partial charge on any atom is 0.406 e. The van der Waals surface area contributed by atoms with Crippen molar-refractivity contribution >= 4 is 59.8 Å². The van der Waals surface area contributed by atoms with Crippen molar-refractivity contribution in [3.8, 4) is 28.5 Å². The zero-order chi connectivity index (χ0) is 54.2. The molecule has 77 heavy (non-hydrogen) atoms. The van der Waals surface area contributed by atoms with Crippen molar-refractivity contribution < 1.29 is 54.4 Å². The van der Waals surface area contributed by atoms with E-state index in [0.29, 0.717) is 120 Å². The standard InChI is InChI=1S/C53H60BrF4N9O8S2/c1-65-18-15-46(44(55)34-65)62-45-5-3-6-48-42(45)31-49(67(48)36-53(56,57)58)38-9-7-37(8-10-38)32-61-47-13-12-41(30-51(47)70-2)77(68,69)28-26-73-24-23-72-22-21-71-20-19-66-33-39(63-64-66)35-75-40-11-14-50(43(54)29-40)74-25-27-76-52-59-16-4-17-60-52/h3-14,16-17,29-31,33,44,46,61-62H,15,18-28,32,34-36H2,1-2H3. The van der Waals surface area contributed by atoms with Crippen LogP contribution in [0, 0.1) is 0 Å². The summed E-state index contributed by atoms with van der Waals surface area (Å²) in [5.74, 6) is 2.12. The molecular formula is C53H60BrF4N9O8S2. The minimum atomic E-state index is -4.48. The quantitative estimate of drug-likeness (QED) is 0.0196. The normalized spacial score (nSPS) is 15.2. The van der Waals surface area contributed by atoms with Gasteiger partial charge < -0.3 is 48.5 Å². The van der Waals surface area contributed by atoms with E-state index in [1.807, 2.05) is 42.3 Å². The van der Waals surface area contributed by atoms with E-state index in [0.717, 1.165) is 10.0 Å². The molecular weight excluding hydrogens is 1110 g/mol. The highest BCUT2D eigenvalue weighted by molar-refractivity contribution is 9.10. The lowest BCUT2D eigenvalue weighted by Crippen LogP contribution is -2.46. The Morgan fingerprint density at radius 2 is 1.61 bits per heavy atom. The number of hydrogen-bond acceptors (Lipinski definition) is 16. The number of nitrogens with zero attached hydrogens (tertiary/aromatic N) is 7. The number of likely N-dealkylation sites (tertiary alicyclic amines) is 1. The van der Waals surface area contributed by atoms with Crippen LogP contribution in [-0.4, -0.2) is 146 Å². The first kappa shape index (κ1) is 57.2. The summed E-state index contributed by atoms with van der Waals surface area (Å²) in [5, 5.41) is 16.1. The maximum absolute atomic E-state index is 15.0. The van der Waals surface area contributed by atoms with Crippen LogP contribution in [0.15, 0.2) is 124 Å². The van der Waals surface area contributed by atoms with Crippen molar-refractivity contribution in [2.24, 2.45) is 0 Å². The van der Waals surface area contributed by atoms with E-state index in [1.165, 1.54) is 35.6 Å². The first-order valence-corrected chi connectivity index (χ1v) is 28.2. The van der Waals surface area contributed by atoms with E-state index >= 15 is 0 Å². The summed E-state index contributed by atoms with van der Waals surface area (Å²) in [7, 11) is -0.418. The lowest BCUT2D eigenvalue weighted by atomic mass is 10.0. The van der Waals surface area contributed by atoms with Crippen LogP contribution >= 0.6 is 27.7 Å². The molecule has 2 N–H and O–H groups in total. The number of nitrogens with one attached hydrogen (secondary N) is 2. The smallest absolute Gasteiger partial charge is 0.406 e. The van der Waals surface area contributed by atoms with E-state index in [9.17, 15) is 26.0 Å². The molecule has 8 rings (SSSR count). The molecule has 0 aliphatic carbocycles. The fraction of sp³-hybridized carbons (Fsp3) is 0.396. The van der Waals surface area contributed by atoms with Crippen LogP contribution in [-0.2, 0) is 50.3 Å². The van der Waals surface area contributed by atoms with Crippen molar-refractivity contribution in [2.45, 2.75) is 61.1 Å². The van der Waals surface area contributed by atoms with Crippen molar-refractivity contribution in [3.63, 3.8) is 0 Å². The Morgan fingerprint density at radius 1 is 0.844 bits per heavy atom. The van der Waals surface area contributed by atoms with Crippen molar-refractivity contribution in [1.29, 1.82) is 0 Å². The molecule has 2 unspecified atom stereocenters. The van der Waals surface area contributed by atoms with Gasteiger partial charge in [0.05, 0.1) is 98.5 Å². The van der Waals surface area contributed by atoms with Gasteiger partial charge in [0.15, 0.2) is 15.0 Å². The molecule has 3 aromatic heterocycles. The Morgan fingerprint density at radius 3 is 2.35 bits per heavy atom. The highest BCUT2D eigenvalue weighted by atomic mass is 79.9. The molecule has 1 saturated heterocycles. The van der Waals surface area contributed by atoms with Gasteiger partial charge in [-0.1, -0.05) is 47.3 Å². The minimum absolute atomic E-state index is 0.0384. The zero-order valence-electron chi connectivity index (χ0n) is 42.5. The van der Waals surface area contributed by atoms with E-state index in [2.05, 4.69) is 46.8 Å². The molecule has 4 aromatic carbocycles. The van der Waals surface area contributed by atoms with Gasteiger partial charge in [-0.3, -0.25) is 0 Å². The maximum atomic E-state index is 15.0. The number of fused-ring (bicyclic) bond motifs is 1. The number of thioether (sulfide) groups is 1. The molecule has 0 spiro atoms. The Balaban J connectivity index is 0.709. The summed E-state index contributed by atoms with van der Waals surface area (Å²) in [5.41, 5.74) is 3.96. The molecule has 0 amide bonds. The molecule has 7 aromatic rings. The van der Waals surface area contributed by atoms with Crippen LogP contribution in [0.4, 0.5) is 28.9 Å². The largest absolute Gasteiger partial charge is 0.495 e. The fourth-order valence-corrected chi connectivity index (χ4v) is 10.6. The number of halogens is 5. The molecule has 0 radical (unpaired) electrons. The number of sulfone groups is 1. The third-order valence-electron chi connectivity index (χ3n) is 12.3. The minimum Gasteiger partial charge on any atom is -0.495 e. The molecule has 24 heteroatoms. The van der Waals surface area contributed by atoms with Gasteiger partial charge in [0.1, 0.15) is 42.3 Å². The van der Waals surface area contributed by atoms with Gasteiger partial charge in [-0.2, -0.15) is 13.2 Å². The lowest BCUT2D eigenvalue weighted by Gasteiger charge is -2.33. The van der Waals surface area contributed by atoms with Gasteiger partial charge >= 0.3 is 6.18 Å². The average Bonchev–Trinajstić information content (AvgIpc) is 4.06. The molecule has 412 valence electrons. The number of ether oxygens (including phenoxy) is 6. The Kier molecular flexibility index (Phi) is 20.4. The fourth-order valence-electron chi connectivity index (χ4n) is 8.41. The molecule has 1 fully saturated rings. The third kappa shape index (κ3) is 16.7. The third-order valence-corrected chi connectivity index (χ3v) is 15.5. The van der Waals surface area contributed by atoms with Gasteiger partial charge in [-0.15, -0.1) is 5.10 Å². The molecule has 17 nitrogen and oxygen atoms in total. The molecule has 1 aliphatic rings. The number of alkyl halides is 4.